The highest BCUT2D eigenvalue weighted by atomic mass is 32.2. The monoisotopic (exact) mass is 554 g/mol. The molecule has 1 atom stereocenters. The third-order valence-electron chi connectivity index (χ3n) is 6.49. The first kappa shape index (κ1) is 26.4. The van der Waals surface area contributed by atoms with E-state index in [0.29, 0.717) is 39.9 Å². The number of carbonyl (C=O) groups excluding carboxylic acids is 2. The molecule has 0 bridgehead atoms. The van der Waals surface area contributed by atoms with Gasteiger partial charge >= 0.3 is 0 Å². The van der Waals surface area contributed by atoms with E-state index in [1.807, 2.05) is 73.7 Å². The van der Waals surface area contributed by atoms with E-state index in [2.05, 4.69) is 21.6 Å². The number of hydrogen-bond donors (Lipinski definition) is 2. The molecule has 1 unspecified atom stereocenters. The molecule has 8 nitrogen and oxygen atoms in total. The zero-order valence-electron chi connectivity index (χ0n) is 21.3. The van der Waals surface area contributed by atoms with Gasteiger partial charge in [-0.2, -0.15) is 5.26 Å². The molecule has 3 N–H and O–H groups in total. The lowest BCUT2D eigenvalue weighted by Crippen LogP contribution is -2.39. The predicted octanol–water partition coefficient (Wildman–Crippen LogP) is 5.43. The van der Waals surface area contributed by atoms with Crippen LogP contribution in [0.5, 0.6) is 0 Å². The third kappa shape index (κ3) is 5.79. The van der Waals surface area contributed by atoms with Crippen molar-refractivity contribution in [3.05, 3.63) is 94.5 Å². The summed E-state index contributed by atoms with van der Waals surface area (Å²) in [5.74, 6) is -0.257. The molecule has 0 saturated heterocycles. The molecule has 1 aliphatic heterocycles. The predicted molar refractivity (Wildman–Crippen MR) is 155 cm³/mol. The van der Waals surface area contributed by atoms with Crippen LogP contribution in [0.15, 0.2) is 87.7 Å². The van der Waals surface area contributed by atoms with Crippen LogP contribution >= 0.6 is 23.1 Å². The van der Waals surface area contributed by atoms with Crippen molar-refractivity contribution in [2.24, 2.45) is 11.7 Å². The van der Waals surface area contributed by atoms with Gasteiger partial charge in [-0.15, -0.1) is 10.2 Å². The minimum atomic E-state index is -0.526. The number of rotatable bonds is 7. The van der Waals surface area contributed by atoms with E-state index in [0.717, 1.165) is 22.5 Å². The minimum absolute atomic E-state index is 0.0103. The van der Waals surface area contributed by atoms with E-state index in [9.17, 15) is 14.9 Å². The molecule has 2 aliphatic rings. The van der Waals surface area contributed by atoms with E-state index in [1.54, 1.807) is 4.90 Å². The first-order valence-electron chi connectivity index (χ1n) is 12.5. The summed E-state index contributed by atoms with van der Waals surface area (Å²) < 4.78 is 0.589. The number of nitrogens with two attached hydrogens (primary N) is 1. The standard InChI is InChI=1S/C29H26N6O2S2/c1-18-10-13-20(14-11-18)32-25(37)17-38-29-34-33-28(39-29)35-23-8-5-9-24(36)26(23)21(22(16-30)27(35)31)15-12-19-6-3-2-4-7-19/h2-4,6-7,10-15,21H,5,8-9,17,31H2,1H3,(H,32,37)/b15-12+. The number of thioether (sulfide) groups is 1. The summed E-state index contributed by atoms with van der Waals surface area (Å²) in [6, 6.07) is 19.6. The van der Waals surface area contributed by atoms with Gasteiger partial charge in [0.25, 0.3) is 0 Å². The summed E-state index contributed by atoms with van der Waals surface area (Å²) >= 11 is 2.54. The summed E-state index contributed by atoms with van der Waals surface area (Å²) in [6.45, 7) is 1.99. The van der Waals surface area contributed by atoms with Crippen molar-refractivity contribution in [1.29, 1.82) is 5.26 Å². The van der Waals surface area contributed by atoms with Gasteiger partial charge in [0.2, 0.25) is 11.0 Å². The number of aryl methyl sites for hydroxylation is 1. The second kappa shape index (κ2) is 11.7. The Balaban J connectivity index is 1.38. The lowest BCUT2D eigenvalue weighted by molar-refractivity contribution is -0.116. The molecule has 0 spiro atoms. The van der Waals surface area contributed by atoms with Gasteiger partial charge in [0.05, 0.1) is 17.4 Å². The highest BCUT2D eigenvalue weighted by Crippen LogP contribution is 2.44. The average Bonchev–Trinajstić information content (AvgIpc) is 3.41. The van der Waals surface area contributed by atoms with Crippen LogP contribution in [0.25, 0.3) is 6.08 Å². The van der Waals surface area contributed by atoms with E-state index >= 15 is 0 Å². The fraction of sp³-hybridized carbons (Fsp3) is 0.207. The van der Waals surface area contributed by atoms with Gasteiger partial charge in [0.15, 0.2) is 10.1 Å². The highest BCUT2D eigenvalue weighted by molar-refractivity contribution is 8.01. The van der Waals surface area contributed by atoms with Crippen molar-refractivity contribution in [2.45, 2.75) is 30.5 Å². The molecule has 0 saturated carbocycles. The molecule has 5 rings (SSSR count). The SMILES string of the molecule is Cc1ccc(NC(=O)CSc2nnc(N3C(N)=C(C#N)C(/C=C/c4ccccc4)C4=C3CCCC4=O)s2)cc1. The first-order chi connectivity index (χ1) is 18.9. The number of benzene rings is 2. The van der Waals surface area contributed by atoms with E-state index in [4.69, 9.17) is 5.73 Å². The van der Waals surface area contributed by atoms with Crippen molar-refractivity contribution in [3.63, 3.8) is 0 Å². The molecule has 2 heterocycles. The highest BCUT2D eigenvalue weighted by Gasteiger charge is 2.39. The van der Waals surface area contributed by atoms with Gasteiger partial charge in [-0.3, -0.25) is 14.5 Å². The van der Waals surface area contributed by atoms with Gasteiger partial charge < -0.3 is 11.1 Å². The van der Waals surface area contributed by atoms with Gasteiger partial charge in [-0.05, 0) is 37.5 Å². The van der Waals surface area contributed by atoms with Crippen molar-refractivity contribution < 1.29 is 9.59 Å². The van der Waals surface area contributed by atoms with Crippen LogP contribution in [0.2, 0.25) is 0 Å². The maximum absolute atomic E-state index is 13.2. The maximum atomic E-state index is 13.2. The van der Waals surface area contributed by atoms with Crippen molar-refractivity contribution in [3.8, 4) is 6.07 Å². The van der Waals surface area contributed by atoms with Gasteiger partial charge in [0.1, 0.15) is 5.82 Å². The van der Waals surface area contributed by atoms with E-state index in [1.165, 1.54) is 23.1 Å². The Labute approximate surface area is 234 Å². The van der Waals surface area contributed by atoms with Crippen molar-refractivity contribution >= 4 is 51.7 Å². The molecular weight excluding hydrogens is 528 g/mol. The number of carbonyl (C=O) groups is 2. The molecule has 39 heavy (non-hydrogen) atoms. The zero-order chi connectivity index (χ0) is 27.4. The minimum Gasteiger partial charge on any atom is -0.384 e. The molecule has 196 valence electrons. The van der Waals surface area contributed by atoms with Crippen LogP contribution < -0.4 is 16.0 Å². The Morgan fingerprint density at radius 3 is 2.72 bits per heavy atom. The lowest BCUT2D eigenvalue weighted by atomic mass is 9.79. The Kier molecular flexibility index (Phi) is 7.91. The molecule has 0 radical (unpaired) electrons. The number of amides is 1. The van der Waals surface area contributed by atoms with E-state index in [-0.39, 0.29) is 23.3 Å². The summed E-state index contributed by atoms with van der Waals surface area (Å²) in [5.41, 5.74) is 11.0. The molecule has 3 aromatic rings. The number of anilines is 2. The van der Waals surface area contributed by atoms with Gasteiger partial charge in [-0.1, -0.05) is 83.3 Å². The number of ketones is 1. The fourth-order valence-electron chi connectivity index (χ4n) is 4.62. The molecule has 1 amide bonds. The lowest BCUT2D eigenvalue weighted by Gasteiger charge is -2.37. The number of nitrogens with zero attached hydrogens (tertiary/aromatic N) is 4. The number of nitrogens with one attached hydrogen (secondary N) is 1. The third-order valence-corrected chi connectivity index (χ3v) is 8.53. The van der Waals surface area contributed by atoms with Crippen molar-refractivity contribution in [2.75, 3.05) is 16.0 Å². The van der Waals surface area contributed by atoms with Crippen LogP contribution in [0.4, 0.5) is 10.8 Å². The van der Waals surface area contributed by atoms with Crippen LogP contribution in [-0.4, -0.2) is 27.6 Å². The van der Waals surface area contributed by atoms with Crippen LogP contribution in [-0.2, 0) is 9.59 Å². The summed E-state index contributed by atoms with van der Waals surface area (Å²) in [7, 11) is 0. The normalized spacial score (nSPS) is 17.4. The fourth-order valence-corrected chi connectivity index (χ4v) is 6.30. The Hall–Kier alpha value is -4.20. The molecule has 0 fully saturated rings. The quantitative estimate of drug-likeness (QED) is 0.371. The maximum Gasteiger partial charge on any atom is 0.234 e. The summed E-state index contributed by atoms with van der Waals surface area (Å²) in [4.78, 5) is 27.3. The summed E-state index contributed by atoms with van der Waals surface area (Å²) in [6.07, 6.45) is 5.55. The van der Waals surface area contributed by atoms with Crippen molar-refractivity contribution in [1.82, 2.24) is 10.2 Å². The van der Waals surface area contributed by atoms with Crippen LogP contribution in [0.1, 0.15) is 30.4 Å². The van der Waals surface area contributed by atoms with Gasteiger partial charge in [-0.25, -0.2) is 0 Å². The largest absolute Gasteiger partial charge is 0.384 e. The molecule has 10 heteroatoms. The smallest absolute Gasteiger partial charge is 0.234 e. The topological polar surface area (TPSA) is 125 Å². The molecule has 1 aromatic heterocycles. The Morgan fingerprint density at radius 1 is 1.21 bits per heavy atom. The number of aromatic nitrogens is 2. The summed E-state index contributed by atoms with van der Waals surface area (Å²) in [5, 5.41) is 22.0. The Morgan fingerprint density at radius 2 is 1.97 bits per heavy atom. The Bertz CT molecular complexity index is 1530. The average molecular weight is 555 g/mol. The second-order valence-corrected chi connectivity index (χ2v) is 11.4. The number of nitriles is 1. The molecular formula is C29H26N6O2S2. The molecule has 1 aliphatic carbocycles. The van der Waals surface area contributed by atoms with E-state index < -0.39 is 5.92 Å². The van der Waals surface area contributed by atoms with Gasteiger partial charge in [0, 0.05) is 29.3 Å². The van der Waals surface area contributed by atoms with Crippen LogP contribution in [0.3, 0.4) is 0 Å². The zero-order valence-corrected chi connectivity index (χ0v) is 22.9. The number of allylic oxidation sites excluding steroid dienone is 4. The second-order valence-electron chi connectivity index (χ2n) is 9.18. The first-order valence-corrected chi connectivity index (χ1v) is 14.3. The molecule has 2 aromatic carbocycles. The number of hydrogen-bond acceptors (Lipinski definition) is 9. The number of Topliss-reactive ketones (excluding diaryl/α,β-unsaturated/α-hetero) is 1. The van der Waals surface area contributed by atoms with Crippen LogP contribution in [0, 0.1) is 24.2 Å².